The fourth-order valence-electron chi connectivity index (χ4n) is 14.5. The highest BCUT2D eigenvalue weighted by Crippen LogP contribution is 2.50. The number of aromatic nitrogens is 9. The average molecular weight is 1750 g/mol. The molecule has 36 heteroatoms. The molecular formula is C83H91Cl6N15O15. The Bertz CT molecular complexity index is 4940. The number of ketones is 3. The summed E-state index contributed by atoms with van der Waals surface area (Å²) in [6.45, 7) is 18.9. The number of anilines is 6. The number of pyridine rings is 3. The molecule has 630 valence electrons. The molecule has 6 aliphatic rings. The lowest BCUT2D eigenvalue weighted by Crippen LogP contribution is -2.33. The van der Waals surface area contributed by atoms with Crippen molar-refractivity contribution in [2.75, 3.05) is 167 Å². The molecule has 12 heterocycles. The molecule has 0 bridgehead atoms. The average Bonchev–Trinajstić information content (AvgIpc) is 0.778. The molecule has 6 N–H and O–H groups in total. The van der Waals surface area contributed by atoms with Crippen LogP contribution in [0.5, 0.6) is 34.5 Å². The van der Waals surface area contributed by atoms with E-state index < -0.39 is 0 Å². The van der Waals surface area contributed by atoms with Gasteiger partial charge >= 0.3 is 0 Å². The smallest absolute Gasteiger partial charge is 0.223 e. The third kappa shape index (κ3) is 20.6. The lowest BCUT2D eigenvalue weighted by molar-refractivity contribution is -0.116. The Labute approximate surface area is 717 Å². The van der Waals surface area contributed by atoms with Gasteiger partial charge in [0.1, 0.15) is 51.0 Å². The van der Waals surface area contributed by atoms with Crippen LogP contribution in [0.25, 0.3) is 66.5 Å². The Morgan fingerprint density at radius 1 is 0.403 bits per heavy atom. The fourth-order valence-corrected chi connectivity index (χ4v) is 16.5. The van der Waals surface area contributed by atoms with E-state index in [2.05, 4.69) is 66.6 Å². The van der Waals surface area contributed by atoms with Crippen LogP contribution in [0.1, 0.15) is 38.5 Å². The molecule has 0 saturated carbocycles. The second-order valence-corrected chi connectivity index (χ2v) is 31.3. The van der Waals surface area contributed by atoms with Crippen LogP contribution in [0.4, 0.5) is 35.3 Å². The van der Waals surface area contributed by atoms with Crippen molar-refractivity contribution in [3.05, 3.63) is 123 Å². The summed E-state index contributed by atoms with van der Waals surface area (Å²) >= 11 is 40.3. The summed E-state index contributed by atoms with van der Waals surface area (Å²) < 4.78 is 66.3. The highest BCUT2D eigenvalue weighted by Gasteiger charge is 2.35. The minimum absolute atomic E-state index is 0.00108. The van der Waals surface area contributed by atoms with E-state index in [-0.39, 0.29) is 59.3 Å². The lowest BCUT2D eigenvalue weighted by atomic mass is 9.97. The number of carbonyl (C=O) groups is 3. The number of hydrogen-bond donors (Lipinski definition) is 6. The van der Waals surface area contributed by atoms with E-state index in [0.29, 0.717) is 260 Å². The molecule has 3 aromatic carbocycles. The number of halogens is 6. The second-order valence-electron chi connectivity index (χ2n) is 29.0. The van der Waals surface area contributed by atoms with E-state index in [1.165, 1.54) is 60.9 Å². The van der Waals surface area contributed by atoms with E-state index in [0.717, 1.165) is 48.6 Å². The number of fused-ring (bicyclic) bond motifs is 3. The molecule has 0 aliphatic carbocycles. The van der Waals surface area contributed by atoms with Gasteiger partial charge < -0.3 is 88.7 Å². The molecule has 30 nitrogen and oxygen atoms in total. The molecule has 6 saturated heterocycles. The van der Waals surface area contributed by atoms with Crippen LogP contribution in [-0.4, -0.2) is 221 Å². The van der Waals surface area contributed by atoms with Crippen LogP contribution in [0.2, 0.25) is 30.1 Å². The number of allylic oxidation sites excluding steroid dienone is 3. The van der Waals surface area contributed by atoms with E-state index >= 15 is 0 Å². The zero-order valence-corrected chi connectivity index (χ0v) is 70.8. The number of ether oxygens (including phenoxy) is 12. The van der Waals surface area contributed by atoms with Crippen molar-refractivity contribution in [2.45, 2.75) is 62.8 Å². The minimum atomic E-state index is -0.112. The summed E-state index contributed by atoms with van der Waals surface area (Å²) in [6.07, 6.45) is 13.2. The van der Waals surface area contributed by atoms with Crippen molar-refractivity contribution in [1.29, 1.82) is 0 Å². The Hall–Kier alpha value is -9.54. The largest absolute Gasteiger partial charge is 0.495 e. The molecular weight excluding hydrogens is 1660 g/mol. The predicted molar refractivity (Wildman–Crippen MR) is 460 cm³/mol. The maximum absolute atomic E-state index is 12.0. The standard InChI is InChI=1S/2C28H31Cl2N5O5.C27H29Cl2N5O5/c1-4-18(36)7-17-13-40-14-20(17)34-28-32-11-16-8-19(23-24(29)21(37-2)9-22(38-3)25(23)30)33-27(26(16)35-28)31-10-15-5-6-39-12-15;1-4-17(36)8-16-13-39-14-20(16)34-28-32-11-15-9-19(23-24(29)21(37-2)10-22(38-3)25(23)30)33-27(26(15)35-28)31-12-18-6-5-7-40-18;1-4-17(35)5-16-12-39-13-19(16)33-27-31-9-15-6-18(22-23(28)20(36-2)7-21(37-3)24(22)29)32-26(25(15)34-27)30-8-14-10-38-11-14/h4,8-9,11,15,17,20H,1,5-7,10,12-14H2,2-3H3,(H,31,33)(H,32,34,35);4,9-11,16,18,20H,1,5-8,12-14H2,2-3H3,(H,31,33)(H,32,34,35);4,6-7,9,14,16,19H,1,5,8,10-13H2,2-3H3,(H,30,32)(H,31,33,34)/t15?,17-,20+;16-,18?,20+;16-,19+/m000/s1. The molecule has 0 radical (unpaired) electrons. The summed E-state index contributed by atoms with van der Waals surface area (Å²) in [5.74, 6) is 5.99. The van der Waals surface area contributed by atoms with Gasteiger partial charge in [-0.1, -0.05) is 89.3 Å². The van der Waals surface area contributed by atoms with E-state index in [4.69, 9.17) is 156 Å². The van der Waals surface area contributed by atoms with Gasteiger partial charge in [0.2, 0.25) is 17.8 Å². The third-order valence-electron chi connectivity index (χ3n) is 21.2. The molecule has 0 spiro atoms. The van der Waals surface area contributed by atoms with Gasteiger partial charge in [0.25, 0.3) is 0 Å². The number of nitrogens with zero attached hydrogens (tertiary/aromatic N) is 9. The molecule has 119 heavy (non-hydrogen) atoms. The number of rotatable bonds is 33. The van der Waals surface area contributed by atoms with Gasteiger partial charge in [-0.25, -0.2) is 44.9 Å². The van der Waals surface area contributed by atoms with Crippen molar-refractivity contribution in [1.82, 2.24) is 44.9 Å². The van der Waals surface area contributed by atoms with Gasteiger partial charge in [-0.2, -0.15) is 0 Å². The van der Waals surface area contributed by atoms with Crippen molar-refractivity contribution in [3.8, 4) is 68.3 Å². The van der Waals surface area contributed by atoms with Gasteiger partial charge in [0, 0.05) is 151 Å². The van der Waals surface area contributed by atoms with Crippen molar-refractivity contribution in [3.63, 3.8) is 0 Å². The zero-order valence-electron chi connectivity index (χ0n) is 66.3. The van der Waals surface area contributed by atoms with Crippen molar-refractivity contribution >= 4 is 155 Å². The quantitative estimate of drug-likeness (QED) is 0.0208. The number of carbonyl (C=O) groups excluding carboxylic acids is 3. The second kappa shape index (κ2) is 40.7. The Morgan fingerprint density at radius 3 is 1.01 bits per heavy atom. The summed E-state index contributed by atoms with van der Waals surface area (Å²) in [5.41, 5.74) is 4.82. The van der Waals surface area contributed by atoms with Gasteiger partial charge in [0.15, 0.2) is 34.8 Å². The first kappa shape index (κ1) is 87.3. The van der Waals surface area contributed by atoms with Crippen LogP contribution in [0, 0.1) is 29.6 Å². The SMILES string of the molecule is C=CC(=O)C[C@H]1COC[C@H]1Nc1ncc2cc(-c3c(Cl)c(OC)cc(OC)c3Cl)nc(NCC3CCCO3)c2n1.C=CC(=O)C[C@H]1COC[C@H]1Nc1ncc2cc(-c3c(Cl)c(OC)cc(OC)c3Cl)nc(NCC3CCOC3)c2n1.C=CC(=O)C[C@H]1COC[C@H]1Nc1ncc2cc(-c3c(Cl)c(OC)cc(OC)c3Cl)nc(NCC3COC3)c2n1. The van der Waals surface area contributed by atoms with Crippen LogP contribution in [-0.2, 0) is 42.8 Å². The van der Waals surface area contributed by atoms with E-state index in [9.17, 15) is 14.4 Å². The predicted octanol–water partition coefficient (Wildman–Crippen LogP) is 14.9. The molecule has 9 aromatic rings. The maximum atomic E-state index is 12.0. The van der Waals surface area contributed by atoms with Gasteiger partial charge in [-0.05, 0) is 55.7 Å². The lowest BCUT2D eigenvalue weighted by Gasteiger charge is -2.26. The highest BCUT2D eigenvalue weighted by atomic mass is 35.5. The van der Waals surface area contributed by atoms with Gasteiger partial charge in [-0.3, -0.25) is 14.4 Å². The molecule has 8 atom stereocenters. The summed E-state index contributed by atoms with van der Waals surface area (Å²) in [5, 5.41) is 24.4. The third-order valence-corrected chi connectivity index (χ3v) is 23.4. The normalized spacial score (nSPS) is 20.0. The van der Waals surface area contributed by atoms with Gasteiger partial charge in [0.05, 0.1) is 174 Å². The monoisotopic (exact) mass is 1750 g/mol. The number of methoxy groups -OCH3 is 6. The molecule has 6 aliphatic heterocycles. The first-order chi connectivity index (χ1) is 57.7. The number of hydrogen-bond acceptors (Lipinski definition) is 30. The summed E-state index contributed by atoms with van der Waals surface area (Å²) in [6, 6.07) is 10.1. The van der Waals surface area contributed by atoms with E-state index in [1.807, 2.05) is 18.2 Å². The Balaban J connectivity index is 0.000000155. The minimum Gasteiger partial charge on any atom is -0.495 e. The molecule has 2 unspecified atom stereocenters. The summed E-state index contributed by atoms with van der Waals surface area (Å²) in [7, 11) is 9.15. The highest BCUT2D eigenvalue weighted by molar-refractivity contribution is 6.42. The molecule has 6 fully saturated rings. The first-order valence-electron chi connectivity index (χ1n) is 38.6. The van der Waals surface area contributed by atoms with Crippen LogP contribution in [0.3, 0.4) is 0 Å². The molecule has 15 rings (SSSR count). The van der Waals surface area contributed by atoms with Crippen molar-refractivity contribution < 1.29 is 71.2 Å². The van der Waals surface area contributed by atoms with Gasteiger partial charge in [-0.15, -0.1) is 0 Å². The Kier molecular flexibility index (Phi) is 29.8. The Morgan fingerprint density at radius 2 is 0.723 bits per heavy atom. The topological polar surface area (TPSA) is 350 Å². The fraction of sp³-hybridized carbons (Fsp3) is 0.422. The van der Waals surface area contributed by atoms with Crippen molar-refractivity contribution in [2.24, 2.45) is 29.6 Å². The zero-order chi connectivity index (χ0) is 84.0. The van der Waals surface area contributed by atoms with Crippen LogP contribution in [0.15, 0.2) is 93.0 Å². The maximum Gasteiger partial charge on any atom is 0.223 e. The van der Waals surface area contributed by atoms with Crippen LogP contribution < -0.4 is 60.3 Å². The first-order valence-corrected chi connectivity index (χ1v) is 40.8. The molecule has 0 amide bonds. The van der Waals surface area contributed by atoms with Crippen LogP contribution >= 0.6 is 69.6 Å². The van der Waals surface area contributed by atoms with E-state index in [1.54, 1.807) is 36.8 Å². The summed E-state index contributed by atoms with van der Waals surface area (Å²) in [4.78, 5) is 78.6. The number of nitrogens with one attached hydrogen (secondary N) is 6. The number of benzene rings is 3. The molecule has 6 aromatic heterocycles.